The number of fused-ring (bicyclic) bond motifs is 3. The Labute approximate surface area is 219 Å². The topological polar surface area (TPSA) is 166 Å². The van der Waals surface area contributed by atoms with Crippen LogP contribution in [0.3, 0.4) is 0 Å². The molecule has 0 bridgehead atoms. The lowest BCUT2D eigenvalue weighted by molar-refractivity contribution is -0.245. The second-order valence-corrected chi connectivity index (χ2v) is 10.6. The molecule has 38 heavy (non-hydrogen) atoms. The standard InChI is InChI=1S/C28H31NO9/c1-12-24(32)16(29)8-20(37-12)38-18-10-28(2,19(31)11-30)9-13-7-15-23(26(34)21(13)18)27(35)22-14(25(15)33)5-4-6-17(22)36-3/h4-7,12,16,18,20,24,30,32,34H,8-11,29H2,1-3H3/t12-,16?,18-,20?,24?,28+/m0/s1. The Hall–Kier alpha value is -3.15. The SMILES string of the molecule is COc1cccc2c1C(=O)c1c(cc3c(c1O)[C@@H](OC1CC(N)C(O)[C@H](C)O1)C[C@](C)(C(=O)CO)C3)C2=O. The van der Waals surface area contributed by atoms with Gasteiger partial charge in [-0.2, -0.15) is 0 Å². The Morgan fingerprint density at radius 3 is 2.61 bits per heavy atom. The van der Waals surface area contributed by atoms with E-state index < -0.39 is 65.8 Å². The molecule has 2 aromatic rings. The molecule has 202 valence electrons. The van der Waals surface area contributed by atoms with Crippen molar-refractivity contribution in [3.63, 3.8) is 0 Å². The number of aliphatic hydroxyl groups is 2. The zero-order valence-corrected chi connectivity index (χ0v) is 21.4. The zero-order valence-electron chi connectivity index (χ0n) is 21.4. The number of ketones is 3. The molecule has 2 aromatic carbocycles. The molecule has 5 N–H and O–H groups in total. The van der Waals surface area contributed by atoms with Crippen molar-refractivity contribution in [3.8, 4) is 11.5 Å². The molecule has 6 atom stereocenters. The fourth-order valence-corrected chi connectivity index (χ4v) is 5.93. The van der Waals surface area contributed by atoms with Gasteiger partial charge in [0.1, 0.15) is 18.1 Å². The lowest BCUT2D eigenvalue weighted by Crippen LogP contribution is -2.52. The highest BCUT2D eigenvalue weighted by Gasteiger charge is 2.47. The summed E-state index contributed by atoms with van der Waals surface area (Å²) in [6, 6.07) is 5.63. The van der Waals surface area contributed by atoms with Crippen molar-refractivity contribution in [2.24, 2.45) is 11.1 Å². The maximum atomic E-state index is 13.7. The largest absolute Gasteiger partial charge is 0.507 e. The third kappa shape index (κ3) is 4.04. The van der Waals surface area contributed by atoms with Crippen molar-refractivity contribution >= 4 is 17.3 Å². The predicted octanol–water partition coefficient (Wildman–Crippen LogP) is 1.57. The van der Waals surface area contributed by atoms with Crippen LogP contribution >= 0.6 is 0 Å². The number of aromatic hydroxyl groups is 1. The molecule has 0 amide bonds. The second-order valence-electron chi connectivity index (χ2n) is 10.6. The van der Waals surface area contributed by atoms with Crippen LogP contribution in [0.15, 0.2) is 24.3 Å². The third-order valence-corrected chi connectivity index (χ3v) is 8.04. The molecule has 1 fully saturated rings. The van der Waals surface area contributed by atoms with Gasteiger partial charge in [0.05, 0.1) is 36.5 Å². The van der Waals surface area contributed by atoms with Crippen molar-refractivity contribution in [2.75, 3.05) is 13.7 Å². The number of hydrogen-bond acceptors (Lipinski definition) is 10. The molecule has 1 aliphatic heterocycles. The quantitative estimate of drug-likeness (QED) is 0.384. The number of benzene rings is 2. The van der Waals surface area contributed by atoms with Gasteiger partial charge in [-0.05, 0) is 37.5 Å². The molecule has 0 radical (unpaired) electrons. The van der Waals surface area contributed by atoms with Gasteiger partial charge in [-0.1, -0.05) is 19.1 Å². The predicted molar refractivity (Wildman–Crippen MR) is 133 cm³/mol. The van der Waals surface area contributed by atoms with E-state index in [0.29, 0.717) is 5.56 Å². The van der Waals surface area contributed by atoms with Crippen LogP contribution in [0.1, 0.15) is 75.8 Å². The van der Waals surface area contributed by atoms with E-state index in [4.69, 9.17) is 19.9 Å². The molecule has 0 aromatic heterocycles. The minimum Gasteiger partial charge on any atom is -0.507 e. The van der Waals surface area contributed by atoms with Crippen LogP contribution < -0.4 is 10.5 Å². The first-order valence-corrected chi connectivity index (χ1v) is 12.5. The van der Waals surface area contributed by atoms with Gasteiger partial charge < -0.3 is 35.3 Å². The third-order valence-electron chi connectivity index (χ3n) is 8.04. The van der Waals surface area contributed by atoms with Crippen LogP contribution in [0.5, 0.6) is 11.5 Å². The average Bonchev–Trinajstić information content (AvgIpc) is 2.88. The van der Waals surface area contributed by atoms with Gasteiger partial charge in [0.2, 0.25) is 5.78 Å². The number of phenolic OH excluding ortho intramolecular Hbond substituents is 1. The molecule has 0 spiro atoms. The van der Waals surface area contributed by atoms with Gasteiger partial charge in [0.25, 0.3) is 0 Å². The number of nitrogens with two attached hydrogens (primary N) is 1. The van der Waals surface area contributed by atoms with Crippen LogP contribution in [0.25, 0.3) is 0 Å². The van der Waals surface area contributed by atoms with Crippen LogP contribution in [-0.2, 0) is 20.7 Å². The lowest BCUT2D eigenvalue weighted by atomic mass is 9.67. The summed E-state index contributed by atoms with van der Waals surface area (Å²) in [4.78, 5) is 40.0. The smallest absolute Gasteiger partial charge is 0.201 e. The zero-order chi connectivity index (χ0) is 27.5. The molecule has 1 heterocycles. The molecule has 2 aliphatic carbocycles. The first-order valence-electron chi connectivity index (χ1n) is 12.5. The average molecular weight is 526 g/mol. The van der Waals surface area contributed by atoms with E-state index in [1.807, 2.05) is 0 Å². The number of hydrogen-bond donors (Lipinski definition) is 4. The number of aliphatic hydroxyl groups excluding tert-OH is 2. The van der Waals surface area contributed by atoms with Crippen molar-refractivity contribution < 1.29 is 43.9 Å². The number of carbonyl (C=O) groups excluding carboxylic acids is 3. The summed E-state index contributed by atoms with van der Waals surface area (Å²) < 4.78 is 17.4. The van der Waals surface area contributed by atoms with E-state index >= 15 is 0 Å². The molecule has 1 saturated heterocycles. The molecule has 10 nitrogen and oxygen atoms in total. The van der Waals surface area contributed by atoms with E-state index in [1.54, 1.807) is 26.0 Å². The minimum atomic E-state index is -1.07. The Morgan fingerprint density at radius 2 is 1.95 bits per heavy atom. The monoisotopic (exact) mass is 525 g/mol. The molecule has 0 saturated carbocycles. The summed E-state index contributed by atoms with van der Waals surface area (Å²) in [5.74, 6) is -1.61. The van der Waals surface area contributed by atoms with Gasteiger partial charge in [-0.15, -0.1) is 0 Å². The van der Waals surface area contributed by atoms with Gasteiger partial charge in [0.15, 0.2) is 17.9 Å². The first kappa shape index (κ1) is 26.5. The molecule has 3 unspecified atom stereocenters. The lowest BCUT2D eigenvalue weighted by Gasteiger charge is -2.42. The van der Waals surface area contributed by atoms with Gasteiger partial charge in [-0.25, -0.2) is 0 Å². The van der Waals surface area contributed by atoms with Gasteiger partial charge in [0, 0.05) is 34.6 Å². The Balaban J connectivity index is 1.64. The number of Topliss-reactive ketones (excluding diaryl/α,β-unsaturated/α-hetero) is 1. The fourth-order valence-electron chi connectivity index (χ4n) is 5.93. The first-order chi connectivity index (χ1) is 18.0. The number of carbonyl (C=O) groups is 3. The summed E-state index contributed by atoms with van der Waals surface area (Å²) in [6.45, 7) is 2.67. The normalized spacial score (nSPS) is 30.3. The molecule has 10 heteroatoms. The summed E-state index contributed by atoms with van der Waals surface area (Å²) in [5, 5.41) is 31.4. The summed E-state index contributed by atoms with van der Waals surface area (Å²) in [6.07, 6.45) is -2.91. The van der Waals surface area contributed by atoms with Crippen LogP contribution in [0, 0.1) is 5.41 Å². The maximum absolute atomic E-state index is 13.7. The van der Waals surface area contributed by atoms with E-state index in [2.05, 4.69) is 0 Å². The van der Waals surface area contributed by atoms with Crippen molar-refractivity contribution in [1.29, 1.82) is 0 Å². The number of methoxy groups -OCH3 is 1. The molecule has 3 aliphatic rings. The molecular weight excluding hydrogens is 494 g/mol. The fraction of sp³-hybridized carbons (Fsp3) is 0.464. The molecular formula is C28H31NO9. The highest BCUT2D eigenvalue weighted by Crippen LogP contribution is 2.51. The minimum absolute atomic E-state index is 0.0270. The second kappa shape index (κ2) is 9.55. The van der Waals surface area contributed by atoms with Gasteiger partial charge >= 0.3 is 0 Å². The highest BCUT2D eigenvalue weighted by molar-refractivity contribution is 6.30. The highest BCUT2D eigenvalue weighted by atomic mass is 16.7. The van der Waals surface area contributed by atoms with Crippen molar-refractivity contribution in [2.45, 2.75) is 63.8 Å². The maximum Gasteiger partial charge on any atom is 0.201 e. The van der Waals surface area contributed by atoms with Crippen molar-refractivity contribution in [1.82, 2.24) is 0 Å². The van der Waals surface area contributed by atoms with Crippen LogP contribution in [0.4, 0.5) is 0 Å². The van der Waals surface area contributed by atoms with Gasteiger partial charge in [-0.3, -0.25) is 14.4 Å². The number of ether oxygens (including phenoxy) is 3. The van der Waals surface area contributed by atoms with Crippen LogP contribution in [0.2, 0.25) is 0 Å². The van der Waals surface area contributed by atoms with E-state index in [0.717, 1.165) is 0 Å². The Bertz CT molecular complexity index is 1330. The van der Waals surface area contributed by atoms with E-state index in [-0.39, 0.29) is 52.8 Å². The van der Waals surface area contributed by atoms with E-state index in [1.165, 1.54) is 19.2 Å². The number of rotatable bonds is 5. The summed E-state index contributed by atoms with van der Waals surface area (Å²) >= 11 is 0. The summed E-state index contributed by atoms with van der Waals surface area (Å²) in [7, 11) is 1.39. The Morgan fingerprint density at radius 1 is 1.21 bits per heavy atom. The Kier molecular flexibility index (Phi) is 6.65. The van der Waals surface area contributed by atoms with Crippen molar-refractivity contribution in [3.05, 3.63) is 57.6 Å². The van der Waals surface area contributed by atoms with E-state index in [9.17, 15) is 29.7 Å². The summed E-state index contributed by atoms with van der Waals surface area (Å²) in [5.41, 5.74) is 5.85. The van der Waals surface area contributed by atoms with Crippen LogP contribution in [-0.4, -0.2) is 70.9 Å². The molecule has 5 rings (SSSR count). The number of phenols is 1.